The maximum Gasteiger partial charge on any atom is 0.231 e. The van der Waals surface area contributed by atoms with Crippen LogP contribution in [-0.4, -0.2) is 33.0 Å². The van der Waals surface area contributed by atoms with Crippen molar-refractivity contribution in [3.63, 3.8) is 0 Å². The summed E-state index contributed by atoms with van der Waals surface area (Å²) in [6.07, 6.45) is 2.07. The third-order valence-electron chi connectivity index (χ3n) is 7.76. The van der Waals surface area contributed by atoms with Gasteiger partial charge in [-0.05, 0) is 105 Å². The summed E-state index contributed by atoms with van der Waals surface area (Å²) in [7, 11) is -1.49. The van der Waals surface area contributed by atoms with Crippen molar-refractivity contribution in [1.29, 1.82) is 0 Å². The average Bonchev–Trinajstić information content (AvgIpc) is 3.43. The molecule has 3 aromatic carbocycles. The first-order valence-electron chi connectivity index (χ1n) is 14.8. The van der Waals surface area contributed by atoms with Gasteiger partial charge in [-0.15, -0.1) is 10.2 Å². The first-order valence-corrected chi connectivity index (χ1v) is 18.2. The number of nitrogens with zero attached hydrogens (tertiary/aromatic N) is 6. The van der Waals surface area contributed by atoms with Crippen LogP contribution in [0.15, 0.2) is 87.2 Å². The van der Waals surface area contributed by atoms with Gasteiger partial charge in [0.15, 0.2) is 8.32 Å². The Kier molecular flexibility index (Phi) is 11.3. The highest BCUT2D eigenvalue weighted by atomic mass is 32.1. The van der Waals surface area contributed by atoms with Crippen molar-refractivity contribution in [2.45, 2.75) is 65.6 Å². The van der Waals surface area contributed by atoms with Gasteiger partial charge in [0.2, 0.25) is 5.13 Å². The molecule has 0 bridgehead atoms. The molecule has 4 rings (SSSR count). The van der Waals surface area contributed by atoms with E-state index in [1.807, 2.05) is 42.5 Å². The molecule has 0 saturated heterocycles. The predicted molar refractivity (Wildman–Crippen MR) is 176 cm³/mol. The van der Waals surface area contributed by atoms with Crippen LogP contribution in [0.3, 0.4) is 0 Å². The van der Waals surface area contributed by atoms with Crippen molar-refractivity contribution < 1.29 is 4.43 Å². The summed E-state index contributed by atoms with van der Waals surface area (Å²) in [6.45, 7) is 14.0. The van der Waals surface area contributed by atoms with Crippen LogP contribution in [0.2, 0.25) is 18.1 Å². The van der Waals surface area contributed by atoms with E-state index in [1.165, 1.54) is 40.7 Å². The summed E-state index contributed by atoms with van der Waals surface area (Å²) in [6, 6.07) is 26.0. The lowest BCUT2D eigenvalue weighted by Gasteiger charge is -2.27. The number of thiazole rings is 1. The highest BCUT2D eigenvalue weighted by Crippen LogP contribution is 2.33. The third kappa shape index (κ3) is 8.37. The SMILES string of the molecule is CCN(CC)c1ccc(N=Nc2nc3ccc(N=Nc4ccc(CCCO[Si](CC)(CC)CC)cc4)cc3s2)cc1. The summed E-state index contributed by atoms with van der Waals surface area (Å²) in [4.78, 5) is 6.90. The fourth-order valence-corrected chi connectivity index (χ4v) is 8.40. The number of hydrogen-bond acceptors (Lipinski definition) is 8. The second-order valence-corrected chi connectivity index (χ2v) is 15.9. The zero-order valence-electron chi connectivity index (χ0n) is 25.0. The molecule has 0 aliphatic heterocycles. The highest BCUT2D eigenvalue weighted by Gasteiger charge is 2.28. The molecule has 41 heavy (non-hydrogen) atoms. The largest absolute Gasteiger partial charge is 0.417 e. The number of aromatic nitrogens is 1. The monoisotopic (exact) mass is 586 g/mol. The summed E-state index contributed by atoms with van der Waals surface area (Å²) in [5.74, 6) is 0. The summed E-state index contributed by atoms with van der Waals surface area (Å²) in [5.41, 5.74) is 5.80. The van der Waals surface area contributed by atoms with Gasteiger partial charge < -0.3 is 9.33 Å². The maximum atomic E-state index is 6.38. The van der Waals surface area contributed by atoms with Crippen molar-refractivity contribution in [2.75, 3.05) is 24.6 Å². The normalized spacial score (nSPS) is 12.2. The molecule has 0 N–H and O–H groups in total. The fraction of sp³-hybridized carbons (Fsp3) is 0.406. The van der Waals surface area contributed by atoms with Gasteiger partial charge in [0.05, 0.1) is 27.3 Å². The minimum atomic E-state index is -1.49. The van der Waals surface area contributed by atoms with E-state index in [0.717, 1.165) is 59.8 Å². The fourth-order valence-electron chi connectivity index (χ4n) is 4.89. The van der Waals surface area contributed by atoms with E-state index in [1.54, 1.807) is 0 Å². The molecular formula is C32H42N6OSSi. The van der Waals surface area contributed by atoms with Crippen molar-refractivity contribution in [3.05, 3.63) is 72.3 Å². The Morgan fingerprint density at radius 1 is 0.732 bits per heavy atom. The molecule has 216 valence electrons. The first-order chi connectivity index (χ1) is 20.0. The van der Waals surface area contributed by atoms with Crippen LogP contribution in [0.5, 0.6) is 0 Å². The van der Waals surface area contributed by atoms with Crippen LogP contribution in [0, 0.1) is 0 Å². The zero-order valence-corrected chi connectivity index (χ0v) is 26.8. The van der Waals surface area contributed by atoms with Crippen molar-refractivity contribution >= 4 is 57.8 Å². The third-order valence-corrected chi connectivity index (χ3v) is 13.3. The van der Waals surface area contributed by atoms with Crippen LogP contribution in [0.25, 0.3) is 10.2 Å². The number of aryl methyl sites for hydroxylation is 1. The van der Waals surface area contributed by atoms with E-state index in [-0.39, 0.29) is 0 Å². The van der Waals surface area contributed by atoms with Gasteiger partial charge in [-0.1, -0.05) is 44.2 Å². The molecular weight excluding hydrogens is 545 g/mol. The Labute approximate surface area is 249 Å². The summed E-state index contributed by atoms with van der Waals surface area (Å²) >= 11 is 1.50. The molecule has 0 spiro atoms. The number of anilines is 1. The molecule has 1 aromatic heterocycles. The molecule has 1 heterocycles. The van der Waals surface area contributed by atoms with E-state index < -0.39 is 8.32 Å². The van der Waals surface area contributed by atoms with Crippen LogP contribution < -0.4 is 4.90 Å². The Morgan fingerprint density at radius 3 is 1.95 bits per heavy atom. The predicted octanol–water partition coefficient (Wildman–Crippen LogP) is 10.9. The molecule has 9 heteroatoms. The van der Waals surface area contributed by atoms with Gasteiger partial charge in [0, 0.05) is 25.4 Å². The molecule has 0 amide bonds. The Morgan fingerprint density at radius 2 is 1.32 bits per heavy atom. The maximum absolute atomic E-state index is 6.38. The van der Waals surface area contributed by atoms with Gasteiger partial charge in [0.25, 0.3) is 0 Å². The van der Waals surface area contributed by atoms with Gasteiger partial charge >= 0.3 is 0 Å². The lowest BCUT2D eigenvalue weighted by molar-refractivity contribution is 0.293. The molecule has 0 saturated carbocycles. The lowest BCUT2D eigenvalue weighted by atomic mass is 10.1. The number of benzene rings is 3. The molecule has 0 atom stereocenters. The Hall–Kier alpha value is -3.27. The smallest absolute Gasteiger partial charge is 0.231 e. The van der Waals surface area contributed by atoms with Gasteiger partial charge in [0.1, 0.15) is 0 Å². The number of fused-ring (bicyclic) bond motifs is 1. The van der Waals surface area contributed by atoms with E-state index in [2.05, 4.69) is 89.2 Å². The minimum absolute atomic E-state index is 0.620. The Balaban J connectivity index is 1.32. The van der Waals surface area contributed by atoms with E-state index in [0.29, 0.717) is 5.13 Å². The number of rotatable bonds is 15. The number of hydrogen-bond donors (Lipinski definition) is 0. The van der Waals surface area contributed by atoms with Crippen molar-refractivity contribution in [3.8, 4) is 0 Å². The zero-order chi connectivity index (χ0) is 29.1. The molecule has 0 aliphatic carbocycles. The lowest BCUT2D eigenvalue weighted by Crippen LogP contribution is -2.36. The number of azo groups is 2. The molecule has 7 nitrogen and oxygen atoms in total. The topological polar surface area (TPSA) is 74.8 Å². The molecule has 4 aromatic rings. The van der Waals surface area contributed by atoms with Gasteiger partial charge in [-0.25, -0.2) is 4.98 Å². The molecule has 0 aliphatic rings. The van der Waals surface area contributed by atoms with Gasteiger partial charge in [-0.2, -0.15) is 10.2 Å². The van der Waals surface area contributed by atoms with E-state index in [4.69, 9.17) is 4.43 Å². The van der Waals surface area contributed by atoms with Crippen LogP contribution in [0.1, 0.15) is 46.6 Å². The molecule has 0 fully saturated rings. The quantitative estimate of drug-likeness (QED) is 0.0790. The van der Waals surface area contributed by atoms with E-state index >= 15 is 0 Å². The first kappa shape index (κ1) is 30.7. The molecule has 0 radical (unpaired) electrons. The van der Waals surface area contributed by atoms with Crippen molar-refractivity contribution in [2.24, 2.45) is 20.5 Å². The summed E-state index contributed by atoms with van der Waals surface area (Å²) < 4.78 is 7.39. The minimum Gasteiger partial charge on any atom is -0.417 e. The average molecular weight is 587 g/mol. The van der Waals surface area contributed by atoms with Crippen LogP contribution in [0.4, 0.5) is 27.9 Å². The standard InChI is InChI=1S/C32H42N6OSSi/c1-6-38(7-2)29-20-17-27(18-21-29)35-37-32-33-30-22-19-28(24-31(30)40-32)36-34-26-15-13-25(14-16-26)12-11-23-39-41(8-3,9-4)10-5/h13-22,24H,6-12,23H2,1-5H3. The van der Waals surface area contributed by atoms with Gasteiger partial charge in [-0.3, -0.25) is 0 Å². The van der Waals surface area contributed by atoms with Crippen LogP contribution in [-0.2, 0) is 10.8 Å². The second-order valence-electron chi connectivity index (χ2n) is 10.1. The Bertz CT molecular complexity index is 1420. The summed E-state index contributed by atoms with van der Waals surface area (Å²) in [5, 5.41) is 18.3. The van der Waals surface area contributed by atoms with E-state index in [9.17, 15) is 0 Å². The second kappa shape index (κ2) is 15.1. The highest BCUT2D eigenvalue weighted by molar-refractivity contribution is 7.21. The molecule has 0 unspecified atom stereocenters. The van der Waals surface area contributed by atoms with Crippen molar-refractivity contribution in [1.82, 2.24) is 4.98 Å². The van der Waals surface area contributed by atoms with Crippen LogP contribution >= 0.6 is 11.3 Å².